The third-order valence-corrected chi connectivity index (χ3v) is 4.82. The van der Waals surface area contributed by atoms with Crippen LogP contribution < -0.4 is 0 Å². The maximum Gasteiger partial charge on any atom is 0.110 e. The summed E-state index contributed by atoms with van der Waals surface area (Å²) in [6.07, 6.45) is 9.07. The Balaban J connectivity index is 1.80. The minimum absolute atomic E-state index is 0.249. The van der Waals surface area contributed by atoms with Gasteiger partial charge in [-0.3, -0.25) is 0 Å². The molecule has 0 saturated carbocycles. The van der Waals surface area contributed by atoms with Crippen LogP contribution in [0.5, 0.6) is 0 Å². The summed E-state index contributed by atoms with van der Waals surface area (Å²) in [7, 11) is 0. The molecule has 1 saturated heterocycles. The Hall–Kier alpha value is -0.870. The van der Waals surface area contributed by atoms with Gasteiger partial charge in [-0.25, -0.2) is 4.98 Å². The van der Waals surface area contributed by atoms with Gasteiger partial charge in [0.25, 0.3) is 0 Å². The van der Waals surface area contributed by atoms with Crippen molar-refractivity contribution in [3.8, 4) is 0 Å². The van der Waals surface area contributed by atoms with Crippen molar-refractivity contribution in [2.45, 2.75) is 57.5 Å². The number of imidazole rings is 1. The molecule has 2 aliphatic rings. The van der Waals surface area contributed by atoms with Gasteiger partial charge in [-0.05, 0) is 45.2 Å². The smallest absolute Gasteiger partial charge is 0.110 e. The molecule has 2 unspecified atom stereocenters. The van der Waals surface area contributed by atoms with Crippen molar-refractivity contribution in [2.75, 3.05) is 19.7 Å². The number of hydrogen-bond acceptors (Lipinski definition) is 3. The van der Waals surface area contributed by atoms with E-state index in [0.29, 0.717) is 6.04 Å². The normalized spacial score (nSPS) is 27.7. The first-order valence-electron chi connectivity index (χ1n) is 7.73. The second-order valence-electron chi connectivity index (χ2n) is 5.89. The molecule has 1 N–H and O–H groups in total. The molecule has 2 aliphatic heterocycles. The highest BCUT2D eigenvalue weighted by Gasteiger charge is 2.28. The molecule has 4 heteroatoms. The van der Waals surface area contributed by atoms with Crippen LogP contribution in [0.4, 0.5) is 0 Å². The van der Waals surface area contributed by atoms with Crippen LogP contribution in [0.2, 0.25) is 0 Å². The molecule has 0 bridgehead atoms. The zero-order valence-corrected chi connectivity index (χ0v) is 11.9. The molecule has 0 spiro atoms. The van der Waals surface area contributed by atoms with Crippen molar-refractivity contribution < 1.29 is 5.11 Å². The molecule has 4 nitrogen and oxygen atoms in total. The Morgan fingerprint density at radius 2 is 2.16 bits per heavy atom. The number of fused-ring (bicyclic) bond motifs is 1. The molecular weight excluding hydrogens is 238 g/mol. The average molecular weight is 263 g/mol. The zero-order valence-electron chi connectivity index (χ0n) is 11.9. The van der Waals surface area contributed by atoms with E-state index in [1.165, 1.54) is 37.3 Å². The van der Waals surface area contributed by atoms with E-state index in [-0.39, 0.29) is 12.6 Å². The van der Waals surface area contributed by atoms with Crippen LogP contribution in [0.3, 0.4) is 0 Å². The summed E-state index contributed by atoms with van der Waals surface area (Å²) in [6, 6.07) is 0.912. The molecule has 1 fully saturated rings. The van der Waals surface area contributed by atoms with Crippen molar-refractivity contribution in [1.82, 2.24) is 14.5 Å². The van der Waals surface area contributed by atoms with E-state index >= 15 is 0 Å². The van der Waals surface area contributed by atoms with Gasteiger partial charge in [0.2, 0.25) is 0 Å². The van der Waals surface area contributed by atoms with Gasteiger partial charge >= 0.3 is 0 Å². The minimum Gasteiger partial charge on any atom is -0.394 e. The van der Waals surface area contributed by atoms with E-state index in [9.17, 15) is 5.11 Å². The third kappa shape index (κ3) is 2.43. The first-order valence-corrected chi connectivity index (χ1v) is 7.73. The molecule has 0 aromatic carbocycles. The van der Waals surface area contributed by atoms with E-state index in [2.05, 4.69) is 21.4 Å². The van der Waals surface area contributed by atoms with E-state index in [1.807, 2.05) is 6.20 Å². The number of rotatable bonds is 4. The Morgan fingerprint density at radius 3 is 2.95 bits per heavy atom. The lowest BCUT2D eigenvalue weighted by Gasteiger charge is -2.28. The Labute approximate surface area is 115 Å². The summed E-state index contributed by atoms with van der Waals surface area (Å²) in [6.45, 7) is 4.87. The molecule has 0 amide bonds. The third-order valence-electron chi connectivity index (χ3n) is 4.82. The highest BCUT2D eigenvalue weighted by Crippen LogP contribution is 2.28. The topological polar surface area (TPSA) is 41.3 Å². The summed E-state index contributed by atoms with van der Waals surface area (Å²) in [5.41, 5.74) is 1.32. The minimum atomic E-state index is 0.249. The first kappa shape index (κ1) is 13.1. The fourth-order valence-electron chi connectivity index (χ4n) is 3.79. The largest absolute Gasteiger partial charge is 0.394 e. The van der Waals surface area contributed by atoms with Crippen LogP contribution >= 0.6 is 0 Å². The van der Waals surface area contributed by atoms with Gasteiger partial charge < -0.3 is 14.6 Å². The molecule has 0 aliphatic carbocycles. The standard InChI is InChI=1S/C15H25N3O/c1-2-17-8-4-7-12(17)9-15-16-10-13-5-3-6-14(11-19)18(13)15/h10,12,14,19H,2-9,11H2,1H3. The first-order chi connectivity index (χ1) is 9.33. The van der Waals surface area contributed by atoms with E-state index in [4.69, 9.17) is 0 Å². The number of hydrogen-bond donors (Lipinski definition) is 1. The molecule has 3 heterocycles. The van der Waals surface area contributed by atoms with Crippen LogP contribution in [0, 0.1) is 0 Å². The maximum atomic E-state index is 9.58. The number of aromatic nitrogens is 2. The molecule has 1 aromatic heterocycles. The lowest BCUT2D eigenvalue weighted by molar-refractivity contribution is 0.200. The summed E-state index contributed by atoms with van der Waals surface area (Å²) in [5.74, 6) is 1.19. The van der Waals surface area contributed by atoms with E-state index < -0.39 is 0 Å². The van der Waals surface area contributed by atoms with Gasteiger partial charge in [-0.1, -0.05) is 6.92 Å². The molecule has 106 valence electrons. The van der Waals surface area contributed by atoms with E-state index in [1.54, 1.807) is 0 Å². The van der Waals surface area contributed by atoms with E-state index in [0.717, 1.165) is 25.8 Å². The van der Waals surface area contributed by atoms with Crippen LogP contribution in [0.1, 0.15) is 50.2 Å². The second kappa shape index (κ2) is 5.63. The van der Waals surface area contributed by atoms with Gasteiger partial charge in [0, 0.05) is 24.4 Å². The predicted octanol–water partition coefficient (Wildman–Crippen LogP) is 1.78. The Morgan fingerprint density at radius 1 is 1.32 bits per heavy atom. The SMILES string of the molecule is CCN1CCCC1Cc1ncc2n1C(CO)CCC2. The highest BCUT2D eigenvalue weighted by atomic mass is 16.3. The van der Waals surface area contributed by atoms with Crippen molar-refractivity contribution in [3.63, 3.8) is 0 Å². The number of likely N-dealkylation sites (tertiary alicyclic amines) is 1. The molecular formula is C15H25N3O. The summed E-state index contributed by atoms with van der Waals surface area (Å²) in [5, 5.41) is 9.58. The van der Waals surface area contributed by atoms with Crippen LogP contribution in [-0.2, 0) is 12.8 Å². The van der Waals surface area contributed by atoms with Gasteiger partial charge in [0.15, 0.2) is 0 Å². The van der Waals surface area contributed by atoms with Crippen molar-refractivity contribution in [1.29, 1.82) is 0 Å². The predicted molar refractivity (Wildman–Crippen MR) is 75.3 cm³/mol. The molecule has 19 heavy (non-hydrogen) atoms. The van der Waals surface area contributed by atoms with Crippen molar-refractivity contribution in [3.05, 3.63) is 17.7 Å². The molecule has 3 rings (SSSR count). The fourth-order valence-corrected chi connectivity index (χ4v) is 3.79. The summed E-state index contributed by atoms with van der Waals surface area (Å²) < 4.78 is 2.33. The van der Waals surface area contributed by atoms with Gasteiger partial charge in [0.1, 0.15) is 5.82 Å². The number of likely N-dealkylation sites (N-methyl/N-ethyl adjacent to an activating group) is 1. The summed E-state index contributed by atoms with van der Waals surface area (Å²) in [4.78, 5) is 7.22. The summed E-state index contributed by atoms with van der Waals surface area (Å²) >= 11 is 0. The average Bonchev–Trinajstić information content (AvgIpc) is 3.06. The Kier molecular flexibility index (Phi) is 3.89. The Bertz CT molecular complexity index is 429. The highest BCUT2D eigenvalue weighted by molar-refractivity contribution is 5.12. The van der Waals surface area contributed by atoms with Crippen molar-refractivity contribution in [2.24, 2.45) is 0 Å². The number of aryl methyl sites for hydroxylation is 1. The van der Waals surface area contributed by atoms with Gasteiger partial charge in [0.05, 0.1) is 12.6 Å². The number of aliphatic hydroxyl groups is 1. The zero-order chi connectivity index (χ0) is 13.2. The van der Waals surface area contributed by atoms with Crippen LogP contribution in [0.25, 0.3) is 0 Å². The molecule has 2 atom stereocenters. The van der Waals surface area contributed by atoms with Crippen LogP contribution in [0.15, 0.2) is 6.20 Å². The number of nitrogens with zero attached hydrogens (tertiary/aromatic N) is 3. The number of aliphatic hydroxyl groups excluding tert-OH is 1. The lowest BCUT2D eigenvalue weighted by Crippen LogP contribution is -2.32. The van der Waals surface area contributed by atoms with Crippen molar-refractivity contribution >= 4 is 0 Å². The van der Waals surface area contributed by atoms with Crippen LogP contribution in [-0.4, -0.2) is 45.3 Å². The monoisotopic (exact) mass is 263 g/mol. The molecule has 0 radical (unpaired) electrons. The van der Waals surface area contributed by atoms with Gasteiger partial charge in [-0.15, -0.1) is 0 Å². The van der Waals surface area contributed by atoms with Gasteiger partial charge in [-0.2, -0.15) is 0 Å². The fraction of sp³-hybridized carbons (Fsp3) is 0.800. The second-order valence-corrected chi connectivity index (χ2v) is 5.89. The molecule has 1 aromatic rings. The lowest BCUT2D eigenvalue weighted by atomic mass is 10.0. The maximum absolute atomic E-state index is 9.58. The quantitative estimate of drug-likeness (QED) is 0.900.